The van der Waals surface area contributed by atoms with E-state index in [0.29, 0.717) is 23.6 Å². The molecule has 0 aromatic heterocycles. The summed E-state index contributed by atoms with van der Waals surface area (Å²) in [6.45, 7) is 2.12. The topological polar surface area (TPSA) is 119 Å². The number of rotatable bonds is 7. The van der Waals surface area contributed by atoms with Gasteiger partial charge < -0.3 is 15.0 Å². The molecule has 1 N–H and O–H groups in total. The zero-order valence-electron chi connectivity index (χ0n) is 23.7. The van der Waals surface area contributed by atoms with Gasteiger partial charge in [0, 0.05) is 29.6 Å². The molecular weight excluding hydrogens is 558 g/mol. The lowest BCUT2D eigenvalue weighted by Gasteiger charge is -2.38. The quantitative estimate of drug-likeness (QED) is 0.161. The van der Waals surface area contributed by atoms with E-state index in [1.165, 1.54) is 24.3 Å². The minimum absolute atomic E-state index is 0.0786. The summed E-state index contributed by atoms with van der Waals surface area (Å²) in [6.07, 6.45) is 3.64. The molecule has 4 aromatic rings. The molecule has 44 heavy (non-hydrogen) atoms. The molecule has 0 aliphatic carbocycles. The SMILES string of the molecule is CCOc1ccccc1C(=O)[C@@H]1[C@H](C(=O)c2cccc([N+](=O)[O-])c2)N2C=Cc3ccccc3[C@H]2[C@]12C(=O)Nc1ccccc12. The van der Waals surface area contributed by atoms with Crippen molar-refractivity contribution in [3.05, 3.63) is 141 Å². The molecule has 3 aliphatic heterocycles. The van der Waals surface area contributed by atoms with Gasteiger partial charge in [-0.15, -0.1) is 0 Å². The van der Waals surface area contributed by atoms with Gasteiger partial charge in [0.15, 0.2) is 11.6 Å². The number of anilines is 1. The minimum Gasteiger partial charge on any atom is -0.493 e. The molecule has 4 atom stereocenters. The van der Waals surface area contributed by atoms with Crippen LogP contribution in [0.3, 0.4) is 0 Å². The number of ketones is 2. The van der Waals surface area contributed by atoms with Crippen LogP contribution in [0, 0.1) is 16.0 Å². The van der Waals surface area contributed by atoms with E-state index in [1.54, 1.807) is 41.4 Å². The average molecular weight is 586 g/mol. The van der Waals surface area contributed by atoms with Crippen LogP contribution in [0.15, 0.2) is 103 Å². The lowest BCUT2D eigenvalue weighted by Crippen LogP contribution is -2.49. The van der Waals surface area contributed by atoms with Gasteiger partial charge in [-0.05, 0) is 47.9 Å². The number of non-ortho nitro benzene ring substituents is 1. The van der Waals surface area contributed by atoms with Crippen LogP contribution in [0.2, 0.25) is 0 Å². The molecule has 1 saturated heterocycles. The average Bonchev–Trinajstić information content (AvgIpc) is 3.53. The van der Waals surface area contributed by atoms with Crippen molar-refractivity contribution in [2.45, 2.75) is 24.4 Å². The van der Waals surface area contributed by atoms with E-state index in [1.807, 2.05) is 55.5 Å². The maximum Gasteiger partial charge on any atom is 0.270 e. The first-order valence-electron chi connectivity index (χ1n) is 14.4. The summed E-state index contributed by atoms with van der Waals surface area (Å²) in [5.74, 6) is -2.18. The molecule has 3 heterocycles. The third-order valence-corrected chi connectivity index (χ3v) is 8.92. The second kappa shape index (κ2) is 10.3. The van der Waals surface area contributed by atoms with Crippen molar-refractivity contribution >= 4 is 34.9 Å². The number of nitrogens with zero attached hydrogens (tertiary/aromatic N) is 2. The number of nitrogens with one attached hydrogen (secondary N) is 1. The van der Waals surface area contributed by atoms with Crippen molar-refractivity contribution in [1.82, 2.24) is 4.90 Å². The van der Waals surface area contributed by atoms with E-state index in [9.17, 15) is 19.7 Å². The summed E-state index contributed by atoms with van der Waals surface area (Å²) < 4.78 is 5.85. The Bertz CT molecular complexity index is 1900. The van der Waals surface area contributed by atoms with Crippen LogP contribution in [-0.2, 0) is 10.2 Å². The predicted molar refractivity (Wildman–Crippen MR) is 163 cm³/mol. The number of nitro groups is 1. The van der Waals surface area contributed by atoms with Crippen LogP contribution in [0.25, 0.3) is 6.08 Å². The number of benzene rings is 4. The Morgan fingerprint density at radius 3 is 2.52 bits per heavy atom. The van der Waals surface area contributed by atoms with Crippen molar-refractivity contribution in [3.63, 3.8) is 0 Å². The second-order valence-corrected chi connectivity index (χ2v) is 11.1. The summed E-state index contributed by atoms with van der Waals surface area (Å²) in [5, 5.41) is 14.7. The maximum absolute atomic E-state index is 15.1. The molecule has 9 heteroatoms. The maximum atomic E-state index is 15.1. The number of Topliss-reactive ketones (excluding diaryl/α,β-unsaturated/α-hetero) is 2. The zero-order chi connectivity index (χ0) is 30.6. The van der Waals surface area contributed by atoms with E-state index < -0.39 is 39.9 Å². The van der Waals surface area contributed by atoms with Gasteiger partial charge in [0.1, 0.15) is 17.2 Å². The largest absolute Gasteiger partial charge is 0.493 e. The van der Waals surface area contributed by atoms with Gasteiger partial charge in [0.2, 0.25) is 5.91 Å². The normalized spacial score (nSPS) is 22.6. The van der Waals surface area contributed by atoms with Crippen molar-refractivity contribution in [2.24, 2.45) is 5.92 Å². The van der Waals surface area contributed by atoms with Crippen LogP contribution < -0.4 is 10.1 Å². The molecule has 7 rings (SSSR count). The number of ether oxygens (including phenoxy) is 1. The second-order valence-electron chi connectivity index (χ2n) is 11.1. The number of hydrogen-bond acceptors (Lipinski definition) is 7. The van der Waals surface area contributed by atoms with Gasteiger partial charge in [-0.25, -0.2) is 0 Å². The summed E-state index contributed by atoms with van der Waals surface area (Å²) in [7, 11) is 0. The van der Waals surface area contributed by atoms with Crippen molar-refractivity contribution in [1.29, 1.82) is 0 Å². The summed E-state index contributed by atoms with van der Waals surface area (Å²) >= 11 is 0. The van der Waals surface area contributed by atoms with E-state index in [2.05, 4.69) is 5.32 Å². The van der Waals surface area contributed by atoms with Crippen molar-refractivity contribution in [2.75, 3.05) is 11.9 Å². The van der Waals surface area contributed by atoms with E-state index in [-0.39, 0.29) is 22.7 Å². The highest BCUT2D eigenvalue weighted by Gasteiger charge is 2.71. The molecule has 0 bridgehead atoms. The summed E-state index contributed by atoms with van der Waals surface area (Å²) in [5.41, 5.74) is 1.43. The zero-order valence-corrected chi connectivity index (χ0v) is 23.7. The van der Waals surface area contributed by atoms with E-state index in [4.69, 9.17) is 4.74 Å². The van der Waals surface area contributed by atoms with Crippen LogP contribution >= 0.6 is 0 Å². The Hall–Kier alpha value is -5.57. The molecule has 0 radical (unpaired) electrons. The minimum atomic E-state index is -1.52. The number of fused-ring (bicyclic) bond motifs is 6. The molecule has 0 saturated carbocycles. The van der Waals surface area contributed by atoms with Gasteiger partial charge in [0.05, 0.1) is 29.1 Å². The number of carbonyl (C=O) groups is 3. The molecule has 0 unspecified atom stereocenters. The van der Waals surface area contributed by atoms with Crippen LogP contribution in [0.4, 0.5) is 11.4 Å². The number of para-hydroxylation sites is 2. The molecule has 9 nitrogen and oxygen atoms in total. The monoisotopic (exact) mass is 585 g/mol. The molecular formula is C35H27N3O6. The van der Waals surface area contributed by atoms with E-state index in [0.717, 1.165) is 11.1 Å². The number of nitro benzene ring substituents is 1. The highest BCUT2D eigenvalue weighted by atomic mass is 16.6. The lowest BCUT2D eigenvalue weighted by molar-refractivity contribution is -0.384. The molecule has 1 spiro atoms. The van der Waals surface area contributed by atoms with Crippen LogP contribution in [0.5, 0.6) is 5.75 Å². The van der Waals surface area contributed by atoms with Gasteiger partial charge in [-0.1, -0.05) is 66.7 Å². The number of carbonyl (C=O) groups excluding carboxylic acids is 3. The first kappa shape index (κ1) is 27.3. The molecule has 3 aliphatic rings. The molecule has 1 amide bonds. The summed E-state index contributed by atoms with van der Waals surface area (Å²) in [4.78, 5) is 57.2. The fourth-order valence-corrected chi connectivity index (χ4v) is 7.23. The molecule has 218 valence electrons. The van der Waals surface area contributed by atoms with Crippen LogP contribution in [0.1, 0.15) is 50.4 Å². The highest BCUT2D eigenvalue weighted by Crippen LogP contribution is 2.62. The smallest absolute Gasteiger partial charge is 0.270 e. The first-order valence-corrected chi connectivity index (χ1v) is 14.4. The third-order valence-electron chi connectivity index (χ3n) is 8.92. The predicted octanol–water partition coefficient (Wildman–Crippen LogP) is 5.98. The summed E-state index contributed by atoms with van der Waals surface area (Å²) in [6, 6.07) is 25.3. The standard InChI is InChI=1S/C35H27N3O6/c1-2-44-28-17-8-5-14-25(28)32(40)29-30(31(39)22-11-9-12-23(20-22)38(42)43)37-19-18-21-10-3-4-13-24(21)33(37)35(29)26-15-6-7-16-27(26)36-34(35)41/h3-20,29-30,33H,2H2,1H3,(H,36,41)/t29-,30+,33-,35+/m0/s1. The highest BCUT2D eigenvalue weighted by molar-refractivity contribution is 6.17. The Morgan fingerprint density at radius 1 is 0.955 bits per heavy atom. The fourth-order valence-electron chi connectivity index (χ4n) is 7.23. The van der Waals surface area contributed by atoms with Crippen molar-refractivity contribution in [3.8, 4) is 5.75 Å². The number of amides is 1. The molecule has 4 aromatic carbocycles. The van der Waals surface area contributed by atoms with E-state index >= 15 is 4.79 Å². The van der Waals surface area contributed by atoms with Gasteiger partial charge in [-0.2, -0.15) is 0 Å². The van der Waals surface area contributed by atoms with Gasteiger partial charge in [-0.3, -0.25) is 24.5 Å². The third kappa shape index (κ3) is 3.82. The van der Waals surface area contributed by atoms with Crippen LogP contribution in [-0.4, -0.2) is 39.9 Å². The van der Waals surface area contributed by atoms with Gasteiger partial charge >= 0.3 is 0 Å². The Labute approximate surface area is 252 Å². The Morgan fingerprint density at radius 2 is 1.70 bits per heavy atom. The Kier molecular flexibility index (Phi) is 6.39. The first-order chi connectivity index (χ1) is 21.4. The Balaban J connectivity index is 1.53. The number of hydrogen-bond donors (Lipinski definition) is 1. The molecule has 1 fully saturated rings. The fraction of sp³-hybridized carbons (Fsp3) is 0.171. The van der Waals surface area contributed by atoms with Gasteiger partial charge in [0.25, 0.3) is 5.69 Å². The lowest BCUT2D eigenvalue weighted by atomic mass is 9.62. The van der Waals surface area contributed by atoms with Crippen molar-refractivity contribution < 1.29 is 24.0 Å².